The monoisotopic (exact) mass is 247 g/mol. The molecular weight excluding hydrogens is 238 g/mol. The van der Waals surface area contributed by atoms with Crippen molar-refractivity contribution in [3.05, 3.63) is 35.8 Å². The van der Waals surface area contributed by atoms with Gasteiger partial charge in [-0.25, -0.2) is 4.79 Å². The molecule has 0 amide bonds. The molecule has 4 N–H and O–H groups in total. The summed E-state index contributed by atoms with van der Waals surface area (Å²) in [7, 11) is 0. The van der Waals surface area contributed by atoms with Gasteiger partial charge in [0.25, 0.3) is 0 Å². The minimum absolute atomic E-state index is 0.0282. The van der Waals surface area contributed by atoms with Gasteiger partial charge in [0.05, 0.1) is 11.8 Å². The van der Waals surface area contributed by atoms with Crippen LogP contribution in [-0.4, -0.2) is 22.5 Å². The summed E-state index contributed by atoms with van der Waals surface area (Å²) >= 11 is 0. The normalized spacial score (nSPS) is 10.2. The molecule has 1 heterocycles. The zero-order valence-electron chi connectivity index (χ0n) is 9.08. The maximum atomic E-state index is 10.9. The van der Waals surface area contributed by atoms with Crippen LogP contribution in [0, 0.1) is 0 Å². The molecule has 0 aliphatic heterocycles. The number of furan rings is 1. The van der Waals surface area contributed by atoms with Crippen LogP contribution in [0.25, 0.3) is 11.1 Å². The molecule has 2 rings (SSSR count). The van der Waals surface area contributed by atoms with Crippen LogP contribution in [0.2, 0.25) is 0 Å². The Morgan fingerprint density at radius 1 is 1.33 bits per heavy atom. The minimum atomic E-state index is -1.29. The fourth-order valence-electron chi connectivity index (χ4n) is 1.68. The van der Waals surface area contributed by atoms with E-state index in [1.807, 2.05) is 0 Å². The van der Waals surface area contributed by atoms with Gasteiger partial charge in [0, 0.05) is 11.3 Å². The Morgan fingerprint density at radius 2 is 2.06 bits per heavy atom. The maximum absolute atomic E-state index is 10.9. The lowest BCUT2D eigenvalue weighted by Gasteiger charge is -2.09. The van der Waals surface area contributed by atoms with E-state index < -0.39 is 11.7 Å². The molecule has 0 aliphatic rings. The Hall–Kier alpha value is -2.76. The van der Waals surface area contributed by atoms with Crippen molar-refractivity contribution in [2.75, 3.05) is 5.73 Å². The van der Waals surface area contributed by atoms with Crippen LogP contribution in [0.15, 0.2) is 28.9 Å². The molecule has 6 nitrogen and oxygen atoms in total. The summed E-state index contributed by atoms with van der Waals surface area (Å²) in [6.07, 6.45) is 1.72. The average molecular weight is 247 g/mol. The van der Waals surface area contributed by atoms with Crippen molar-refractivity contribution in [1.82, 2.24) is 0 Å². The number of hydrogen-bond donors (Lipinski definition) is 3. The van der Waals surface area contributed by atoms with Gasteiger partial charge in [-0.15, -0.1) is 0 Å². The predicted octanol–water partition coefficient (Wildman–Crippen LogP) is 1.75. The number of anilines is 1. The van der Waals surface area contributed by atoms with Crippen LogP contribution in [0.4, 0.5) is 5.69 Å². The predicted molar refractivity (Wildman–Crippen MR) is 62.6 cm³/mol. The average Bonchev–Trinajstić information content (AvgIpc) is 2.76. The van der Waals surface area contributed by atoms with E-state index >= 15 is 0 Å². The summed E-state index contributed by atoms with van der Waals surface area (Å²) in [6.45, 7) is 0. The highest BCUT2D eigenvalue weighted by molar-refractivity contribution is 5.99. The highest BCUT2D eigenvalue weighted by atomic mass is 16.4. The molecule has 0 radical (unpaired) electrons. The lowest BCUT2D eigenvalue weighted by Crippen LogP contribution is -2.00. The van der Waals surface area contributed by atoms with Crippen LogP contribution >= 0.6 is 0 Å². The third kappa shape index (κ3) is 1.69. The minimum Gasteiger partial charge on any atom is -0.506 e. The highest BCUT2D eigenvalue weighted by Gasteiger charge is 2.20. The van der Waals surface area contributed by atoms with E-state index in [9.17, 15) is 14.7 Å². The molecule has 0 unspecified atom stereocenters. The number of hydrogen-bond acceptors (Lipinski definition) is 5. The van der Waals surface area contributed by atoms with Crippen LogP contribution in [-0.2, 0) is 0 Å². The second-order valence-corrected chi connectivity index (χ2v) is 3.55. The number of rotatable bonds is 3. The third-order valence-corrected chi connectivity index (χ3v) is 2.51. The van der Waals surface area contributed by atoms with Crippen molar-refractivity contribution in [3.63, 3.8) is 0 Å². The van der Waals surface area contributed by atoms with Gasteiger partial charge in [-0.3, -0.25) is 4.79 Å². The van der Waals surface area contributed by atoms with E-state index in [4.69, 9.17) is 15.3 Å². The summed E-state index contributed by atoms with van der Waals surface area (Å²) in [5, 5.41) is 18.8. The summed E-state index contributed by atoms with van der Waals surface area (Å²) < 4.78 is 4.90. The fourth-order valence-corrected chi connectivity index (χ4v) is 1.68. The van der Waals surface area contributed by atoms with Gasteiger partial charge in [-0.1, -0.05) is 0 Å². The fraction of sp³-hybridized carbons (Fsp3) is 0. The van der Waals surface area contributed by atoms with Crippen molar-refractivity contribution in [3.8, 4) is 16.9 Å². The van der Waals surface area contributed by atoms with Gasteiger partial charge < -0.3 is 20.4 Å². The number of nitrogens with two attached hydrogens (primary N) is 1. The van der Waals surface area contributed by atoms with Crippen molar-refractivity contribution < 1.29 is 24.2 Å². The summed E-state index contributed by atoms with van der Waals surface area (Å²) in [4.78, 5) is 21.7. The summed E-state index contributed by atoms with van der Waals surface area (Å²) in [6, 6.07) is 3.97. The number of carboxylic acids is 1. The number of benzene rings is 1. The Kier molecular flexibility index (Phi) is 2.77. The molecule has 0 spiro atoms. The number of carbonyl (C=O) groups is 2. The van der Waals surface area contributed by atoms with Crippen LogP contribution in [0.3, 0.4) is 0 Å². The lowest BCUT2D eigenvalue weighted by atomic mass is 10.00. The van der Waals surface area contributed by atoms with Gasteiger partial charge in [-0.05, 0) is 18.2 Å². The second kappa shape index (κ2) is 4.25. The number of phenols is 1. The quantitative estimate of drug-likeness (QED) is 0.562. The molecule has 6 heteroatoms. The standard InChI is InChI=1S/C12H9NO5/c13-8-2-1-7(12(16)17)11(15)10(8)6-3-4-18-9(6)5-14/h1-5,15H,13H2,(H,16,17). The number of aromatic carboxylic acids is 1. The molecule has 92 valence electrons. The van der Waals surface area contributed by atoms with Gasteiger partial charge in [0.15, 0.2) is 12.0 Å². The summed E-state index contributed by atoms with van der Waals surface area (Å²) in [5.74, 6) is -1.81. The number of aromatic hydroxyl groups is 1. The van der Waals surface area contributed by atoms with Crippen molar-refractivity contribution in [2.45, 2.75) is 0 Å². The van der Waals surface area contributed by atoms with Crippen molar-refractivity contribution >= 4 is 17.9 Å². The third-order valence-electron chi connectivity index (χ3n) is 2.51. The zero-order chi connectivity index (χ0) is 13.3. The molecular formula is C12H9NO5. The number of aldehydes is 1. The SMILES string of the molecule is Nc1ccc(C(=O)O)c(O)c1-c1ccoc1C=O. The first-order valence-corrected chi connectivity index (χ1v) is 4.94. The highest BCUT2D eigenvalue weighted by Crippen LogP contribution is 2.39. The van der Waals surface area contributed by atoms with Gasteiger partial charge >= 0.3 is 5.97 Å². The first-order chi connectivity index (χ1) is 8.56. The number of carboxylic acid groups (broad SMARTS) is 1. The van der Waals surface area contributed by atoms with E-state index in [-0.39, 0.29) is 28.1 Å². The van der Waals surface area contributed by atoms with E-state index in [1.54, 1.807) is 0 Å². The smallest absolute Gasteiger partial charge is 0.339 e. The molecule has 0 atom stereocenters. The van der Waals surface area contributed by atoms with Gasteiger partial charge in [0.2, 0.25) is 0 Å². The van der Waals surface area contributed by atoms with Crippen LogP contribution < -0.4 is 5.73 Å². The first kappa shape index (κ1) is 11.7. The van der Waals surface area contributed by atoms with Gasteiger partial charge in [0.1, 0.15) is 11.3 Å². The Balaban J connectivity index is 2.74. The van der Waals surface area contributed by atoms with E-state index in [1.165, 1.54) is 24.5 Å². The van der Waals surface area contributed by atoms with E-state index in [0.717, 1.165) is 0 Å². The molecule has 0 saturated heterocycles. The Labute approximate surface area is 101 Å². The largest absolute Gasteiger partial charge is 0.506 e. The molecule has 0 fully saturated rings. The van der Waals surface area contributed by atoms with Crippen molar-refractivity contribution in [1.29, 1.82) is 0 Å². The van der Waals surface area contributed by atoms with E-state index in [0.29, 0.717) is 6.29 Å². The molecule has 1 aromatic carbocycles. The van der Waals surface area contributed by atoms with Crippen LogP contribution in [0.5, 0.6) is 5.75 Å². The zero-order valence-corrected chi connectivity index (χ0v) is 9.08. The lowest BCUT2D eigenvalue weighted by molar-refractivity contribution is 0.0693. The van der Waals surface area contributed by atoms with E-state index in [2.05, 4.69) is 0 Å². The Bertz CT molecular complexity index is 629. The molecule has 0 bridgehead atoms. The molecule has 2 aromatic rings. The molecule has 18 heavy (non-hydrogen) atoms. The van der Waals surface area contributed by atoms with Crippen molar-refractivity contribution in [2.24, 2.45) is 0 Å². The topological polar surface area (TPSA) is 114 Å². The second-order valence-electron chi connectivity index (χ2n) is 3.55. The Morgan fingerprint density at radius 3 is 2.67 bits per heavy atom. The maximum Gasteiger partial charge on any atom is 0.339 e. The summed E-state index contributed by atoms with van der Waals surface area (Å²) in [5.41, 5.74) is 5.88. The molecule has 1 aromatic heterocycles. The molecule has 0 aliphatic carbocycles. The first-order valence-electron chi connectivity index (χ1n) is 4.94. The molecule has 0 saturated carbocycles. The van der Waals surface area contributed by atoms with Gasteiger partial charge in [-0.2, -0.15) is 0 Å². The van der Waals surface area contributed by atoms with Crippen LogP contribution in [0.1, 0.15) is 20.9 Å². The number of carbonyl (C=O) groups excluding carboxylic acids is 1. The number of nitrogen functional groups attached to an aromatic ring is 1.